The highest BCUT2D eigenvalue weighted by Gasteiger charge is 2.14. The standard InChI is InChI=1S/C11H21N3S/c1-11(2,3)15-8-9(12)7-10-5-6-14(4)13-10/h5-6,9H,7-8,12H2,1-4H3. The number of hydrogen-bond donors (Lipinski definition) is 1. The van der Waals surface area contributed by atoms with Gasteiger partial charge in [0.15, 0.2) is 0 Å². The van der Waals surface area contributed by atoms with Crippen LogP contribution in [-0.4, -0.2) is 26.3 Å². The quantitative estimate of drug-likeness (QED) is 0.853. The molecule has 86 valence electrons. The third-order valence-electron chi connectivity index (χ3n) is 1.97. The Labute approximate surface area is 96.4 Å². The predicted octanol–water partition coefficient (Wildman–Crippen LogP) is 1.82. The molecule has 0 aliphatic carbocycles. The summed E-state index contributed by atoms with van der Waals surface area (Å²) < 4.78 is 2.11. The average molecular weight is 227 g/mol. The van der Waals surface area contributed by atoms with Crippen molar-refractivity contribution in [1.82, 2.24) is 9.78 Å². The molecule has 0 saturated carbocycles. The van der Waals surface area contributed by atoms with Crippen LogP contribution in [-0.2, 0) is 13.5 Å². The Morgan fingerprint density at radius 2 is 2.20 bits per heavy atom. The highest BCUT2D eigenvalue weighted by atomic mass is 32.2. The maximum Gasteiger partial charge on any atom is 0.0640 e. The van der Waals surface area contributed by atoms with Crippen molar-refractivity contribution < 1.29 is 0 Å². The topological polar surface area (TPSA) is 43.8 Å². The van der Waals surface area contributed by atoms with Gasteiger partial charge in [-0.3, -0.25) is 4.68 Å². The Hall–Kier alpha value is -0.480. The zero-order valence-electron chi connectivity index (χ0n) is 10.0. The molecule has 1 heterocycles. The van der Waals surface area contributed by atoms with Gasteiger partial charge >= 0.3 is 0 Å². The molecule has 0 spiro atoms. The Morgan fingerprint density at radius 1 is 1.53 bits per heavy atom. The lowest BCUT2D eigenvalue weighted by atomic mass is 10.2. The van der Waals surface area contributed by atoms with Crippen LogP contribution in [0, 0.1) is 0 Å². The van der Waals surface area contributed by atoms with Gasteiger partial charge in [-0.25, -0.2) is 0 Å². The molecule has 0 bridgehead atoms. The van der Waals surface area contributed by atoms with Crippen molar-refractivity contribution in [1.29, 1.82) is 0 Å². The molecule has 0 aliphatic rings. The minimum Gasteiger partial charge on any atom is -0.327 e. The second-order valence-electron chi connectivity index (χ2n) is 4.87. The van der Waals surface area contributed by atoms with E-state index in [4.69, 9.17) is 5.73 Å². The molecular formula is C11H21N3S. The first-order valence-electron chi connectivity index (χ1n) is 5.25. The smallest absolute Gasteiger partial charge is 0.0640 e. The van der Waals surface area contributed by atoms with Gasteiger partial charge in [0, 0.05) is 36.2 Å². The third-order valence-corrected chi connectivity index (χ3v) is 3.43. The summed E-state index contributed by atoms with van der Waals surface area (Å²) in [4.78, 5) is 0. The van der Waals surface area contributed by atoms with E-state index in [1.807, 2.05) is 35.8 Å². The van der Waals surface area contributed by atoms with Gasteiger partial charge in [0.25, 0.3) is 0 Å². The van der Waals surface area contributed by atoms with Crippen molar-refractivity contribution in [2.45, 2.75) is 38.0 Å². The maximum atomic E-state index is 6.05. The van der Waals surface area contributed by atoms with Crippen LogP contribution >= 0.6 is 11.8 Å². The fraction of sp³-hybridized carbons (Fsp3) is 0.727. The SMILES string of the molecule is Cn1ccc(CC(N)CSC(C)(C)C)n1. The second-order valence-corrected chi connectivity index (χ2v) is 6.72. The lowest BCUT2D eigenvalue weighted by Crippen LogP contribution is -2.28. The summed E-state index contributed by atoms with van der Waals surface area (Å²) in [6.07, 6.45) is 2.82. The van der Waals surface area contributed by atoms with Gasteiger partial charge in [-0.1, -0.05) is 20.8 Å². The Kier molecular flexibility index (Phi) is 4.22. The van der Waals surface area contributed by atoms with Crippen molar-refractivity contribution in [2.75, 3.05) is 5.75 Å². The van der Waals surface area contributed by atoms with Gasteiger partial charge in [-0.15, -0.1) is 0 Å². The number of nitrogens with zero attached hydrogens (tertiary/aromatic N) is 2. The van der Waals surface area contributed by atoms with Crippen LogP contribution < -0.4 is 5.73 Å². The lowest BCUT2D eigenvalue weighted by Gasteiger charge is -2.20. The van der Waals surface area contributed by atoms with E-state index < -0.39 is 0 Å². The van der Waals surface area contributed by atoms with Crippen LogP contribution in [0.4, 0.5) is 0 Å². The van der Waals surface area contributed by atoms with Crippen molar-refractivity contribution in [3.05, 3.63) is 18.0 Å². The Morgan fingerprint density at radius 3 is 2.67 bits per heavy atom. The van der Waals surface area contributed by atoms with E-state index in [9.17, 15) is 0 Å². The first-order chi connectivity index (χ1) is 6.87. The fourth-order valence-corrected chi connectivity index (χ4v) is 2.09. The van der Waals surface area contributed by atoms with Gasteiger partial charge in [0.05, 0.1) is 5.69 Å². The summed E-state index contributed by atoms with van der Waals surface area (Å²) in [6.45, 7) is 6.64. The van der Waals surface area contributed by atoms with E-state index in [0.717, 1.165) is 17.9 Å². The molecule has 2 N–H and O–H groups in total. The summed E-state index contributed by atoms with van der Waals surface area (Å²) in [6, 6.07) is 2.23. The molecule has 1 aromatic heterocycles. The van der Waals surface area contributed by atoms with Crippen LogP contribution in [0.15, 0.2) is 12.3 Å². The summed E-state index contributed by atoms with van der Waals surface area (Å²) >= 11 is 1.91. The van der Waals surface area contributed by atoms with Crippen LogP contribution in [0.25, 0.3) is 0 Å². The average Bonchev–Trinajstić information content (AvgIpc) is 2.47. The third kappa shape index (κ3) is 5.23. The lowest BCUT2D eigenvalue weighted by molar-refractivity contribution is 0.687. The molecule has 1 rings (SSSR count). The van der Waals surface area contributed by atoms with Crippen LogP contribution in [0.5, 0.6) is 0 Å². The highest BCUT2D eigenvalue weighted by molar-refractivity contribution is 8.00. The summed E-state index contributed by atoms with van der Waals surface area (Å²) in [5, 5.41) is 4.32. The number of aromatic nitrogens is 2. The molecule has 4 heteroatoms. The monoisotopic (exact) mass is 227 g/mol. The van der Waals surface area contributed by atoms with E-state index in [0.29, 0.717) is 4.75 Å². The Bertz CT molecular complexity index is 301. The number of nitrogens with two attached hydrogens (primary N) is 1. The zero-order valence-corrected chi connectivity index (χ0v) is 10.8. The molecule has 0 radical (unpaired) electrons. The van der Waals surface area contributed by atoms with Gasteiger partial charge in [0.2, 0.25) is 0 Å². The summed E-state index contributed by atoms with van der Waals surface area (Å²) in [5.74, 6) is 0.986. The van der Waals surface area contributed by atoms with E-state index in [-0.39, 0.29) is 6.04 Å². The molecule has 1 atom stereocenters. The van der Waals surface area contributed by atoms with Crippen molar-refractivity contribution in [3.63, 3.8) is 0 Å². The fourth-order valence-electron chi connectivity index (χ4n) is 1.26. The normalized spacial score (nSPS) is 14.2. The minimum absolute atomic E-state index is 0.198. The number of hydrogen-bond acceptors (Lipinski definition) is 3. The van der Waals surface area contributed by atoms with Crippen molar-refractivity contribution in [3.8, 4) is 0 Å². The van der Waals surface area contributed by atoms with Crippen LogP contribution in [0.2, 0.25) is 0 Å². The maximum absolute atomic E-state index is 6.05. The first-order valence-corrected chi connectivity index (χ1v) is 6.23. The van der Waals surface area contributed by atoms with Gasteiger partial charge < -0.3 is 5.73 Å². The molecule has 3 nitrogen and oxygen atoms in total. The highest BCUT2D eigenvalue weighted by Crippen LogP contribution is 2.23. The molecule has 0 fully saturated rings. The first kappa shape index (κ1) is 12.6. The molecule has 0 aliphatic heterocycles. The molecule has 15 heavy (non-hydrogen) atoms. The number of rotatable bonds is 4. The van der Waals surface area contributed by atoms with Crippen LogP contribution in [0.3, 0.4) is 0 Å². The molecule has 0 aromatic carbocycles. The largest absolute Gasteiger partial charge is 0.327 e. The molecule has 0 amide bonds. The number of thioether (sulfide) groups is 1. The second kappa shape index (κ2) is 5.03. The van der Waals surface area contributed by atoms with Crippen LogP contribution in [0.1, 0.15) is 26.5 Å². The van der Waals surface area contributed by atoms with Gasteiger partial charge in [-0.2, -0.15) is 16.9 Å². The van der Waals surface area contributed by atoms with E-state index in [1.54, 1.807) is 0 Å². The Balaban J connectivity index is 2.33. The molecule has 0 saturated heterocycles. The summed E-state index contributed by atoms with van der Waals surface area (Å²) in [7, 11) is 1.93. The van der Waals surface area contributed by atoms with Gasteiger partial charge in [-0.05, 0) is 6.07 Å². The number of aryl methyl sites for hydroxylation is 1. The van der Waals surface area contributed by atoms with E-state index in [1.165, 1.54) is 0 Å². The molecule has 1 aromatic rings. The summed E-state index contributed by atoms with van der Waals surface area (Å²) in [5.41, 5.74) is 7.13. The molecular weight excluding hydrogens is 206 g/mol. The van der Waals surface area contributed by atoms with Gasteiger partial charge in [0.1, 0.15) is 0 Å². The van der Waals surface area contributed by atoms with Crippen molar-refractivity contribution in [2.24, 2.45) is 12.8 Å². The van der Waals surface area contributed by atoms with E-state index >= 15 is 0 Å². The van der Waals surface area contributed by atoms with Crippen molar-refractivity contribution >= 4 is 11.8 Å². The van der Waals surface area contributed by atoms with E-state index in [2.05, 4.69) is 25.9 Å². The zero-order chi connectivity index (χ0) is 11.5. The molecule has 1 unspecified atom stereocenters. The minimum atomic E-state index is 0.198. The predicted molar refractivity (Wildman–Crippen MR) is 67.1 cm³/mol.